The average Bonchev–Trinajstić information content (AvgIpc) is 3.00. The van der Waals surface area contributed by atoms with Crippen LogP contribution in [0.15, 0.2) is 72.1 Å². The second kappa shape index (κ2) is 12.3. The molecule has 1 aliphatic heterocycles. The van der Waals surface area contributed by atoms with Crippen LogP contribution < -0.4 is 31.4 Å². The van der Waals surface area contributed by atoms with Gasteiger partial charge in [-0.25, -0.2) is 19.8 Å². The fraction of sp³-hybridized carbons (Fsp3) is 0.133. The van der Waals surface area contributed by atoms with Gasteiger partial charge in [0.2, 0.25) is 11.8 Å². The molecule has 4 aromatic rings. The van der Waals surface area contributed by atoms with Crippen molar-refractivity contribution in [2.75, 3.05) is 25.7 Å². The van der Waals surface area contributed by atoms with Gasteiger partial charge < -0.3 is 31.4 Å². The molecule has 0 radical (unpaired) electrons. The third-order valence-electron chi connectivity index (χ3n) is 6.65. The third-order valence-corrected chi connectivity index (χ3v) is 6.65. The molecule has 5 rings (SSSR count). The highest BCUT2D eigenvalue weighted by Gasteiger charge is 2.30. The van der Waals surface area contributed by atoms with Crippen molar-refractivity contribution in [3.63, 3.8) is 0 Å². The molecule has 0 saturated carbocycles. The predicted octanol–water partition coefficient (Wildman–Crippen LogP) is 3.08. The van der Waals surface area contributed by atoms with Crippen LogP contribution in [0.3, 0.4) is 0 Å². The molecule has 0 spiro atoms. The van der Waals surface area contributed by atoms with Gasteiger partial charge in [-0.2, -0.15) is 10.1 Å². The molecule has 1 unspecified atom stereocenters. The number of benzene rings is 2. The van der Waals surface area contributed by atoms with E-state index in [1.54, 1.807) is 24.6 Å². The summed E-state index contributed by atoms with van der Waals surface area (Å²) >= 11 is 0. The lowest BCUT2D eigenvalue weighted by Gasteiger charge is -2.31. The van der Waals surface area contributed by atoms with Crippen molar-refractivity contribution in [2.24, 2.45) is 10.8 Å². The number of hydrogen-bond donors (Lipinski definition) is 3. The Kier molecular flexibility index (Phi) is 8.14. The minimum atomic E-state index is -0.976. The van der Waals surface area contributed by atoms with Crippen LogP contribution in [0, 0.1) is 0 Å². The van der Waals surface area contributed by atoms with Gasteiger partial charge in [-0.15, -0.1) is 0 Å². The van der Waals surface area contributed by atoms with Crippen molar-refractivity contribution in [1.29, 1.82) is 0 Å². The highest BCUT2D eigenvalue weighted by molar-refractivity contribution is 5.95. The lowest BCUT2D eigenvalue weighted by atomic mass is 9.94. The quantitative estimate of drug-likeness (QED) is 0.261. The number of nitrogens with zero attached hydrogens (tertiary/aromatic N) is 5. The van der Waals surface area contributed by atoms with Crippen molar-refractivity contribution in [1.82, 2.24) is 20.0 Å². The van der Waals surface area contributed by atoms with E-state index >= 15 is 0 Å². The Morgan fingerprint density at radius 2 is 1.84 bits per heavy atom. The summed E-state index contributed by atoms with van der Waals surface area (Å²) < 4.78 is 16.0. The molecule has 43 heavy (non-hydrogen) atoms. The molecule has 2 aromatic heterocycles. The van der Waals surface area contributed by atoms with Gasteiger partial charge in [0.05, 0.1) is 20.4 Å². The van der Waals surface area contributed by atoms with Crippen LogP contribution >= 0.6 is 0 Å². The van der Waals surface area contributed by atoms with E-state index in [1.807, 2.05) is 36.4 Å². The van der Waals surface area contributed by atoms with Crippen LogP contribution in [-0.4, -0.2) is 52.4 Å². The van der Waals surface area contributed by atoms with E-state index in [1.165, 1.54) is 37.6 Å². The second-order valence-corrected chi connectivity index (χ2v) is 9.38. The number of amides is 2. The predicted molar refractivity (Wildman–Crippen MR) is 159 cm³/mol. The lowest BCUT2D eigenvalue weighted by molar-refractivity contribution is -0.127. The monoisotopic (exact) mass is 580 g/mol. The smallest absolute Gasteiger partial charge is 0.411 e. The fourth-order valence-electron chi connectivity index (χ4n) is 4.73. The second-order valence-electron chi connectivity index (χ2n) is 9.38. The number of nitrogens with two attached hydrogens (primary N) is 3. The summed E-state index contributed by atoms with van der Waals surface area (Å²) in [5.74, 6) is 0.894. The molecule has 2 aromatic carbocycles. The zero-order valence-corrected chi connectivity index (χ0v) is 23.3. The number of pyridine rings is 1. The van der Waals surface area contributed by atoms with Crippen molar-refractivity contribution in [3.8, 4) is 17.4 Å². The number of nitrogen functional groups attached to an aromatic ring is 2. The molecule has 6 N–H and O–H groups in total. The first-order valence-corrected chi connectivity index (χ1v) is 13.0. The Morgan fingerprint density at radius 3 is 2.53 bits per heavy atom. The maximum Gasteiger partial charge on any atom is 0.411 e. The fourth-order valence-corrected chi connectivity index (χ4v) is 4.73. The van der Waals surface area contributed by atoms with Gasteiger partial charge in [0, 0.05) is 47.6 Å². The number of anilines is 2. The van der Waals surface area contributed by atoms with Crippen LogP contribution in [0.1, 0.15) is 39.4 Å². The van der Waals surface area contributed by atoms with Gasteiger partial charge in [-0.3, -0.25) is 4.79 Å². The number of fused-ring (bicyclic) bond motifs is 1. The number of primary amides is 1. The molecule has 1 aliphatic rings. The highest BCUT2D eigenvalue weighted by Crippen LogP contribution is 2.36. The zero-order valence-electron chi connectivity index (χ0n) is 23.3. The largest absolute Gasteiger partial charge is 0.493 e. The standard InChI is InChI=1S/C30H28N8O5/c1-41-23-13-17(12-21-15-35-29(32)37-28(21)31)11-18(27(23)42-2)8-10-25(39)38-26(22-6-4-3-5-19(22)16-36-38)20-7-9-24(34-14-20)43-30(33)40/h3-11,13-16,26H,12H2,1-2H3,(H2,33,40)(H4,31,32,35,37). The Labute approximate surface area is 246 Å². The summed E-state index contributed by atoms with van der Waals surface area (Å²) in [5.41, 5.74) is 21.2. The number of carbonyl (C=O) groups excluding carboxylic acids is 2. The molecule has 1 atom stereocenters. The van der Waals surface area contributed by atoms with Crippen molar-refractivity contribution in [3.05, 3.63) is 100 Å². The average molecular weight is 581 g/mol. The molecule has 13 nitrogen and oxygen atoms in total. The van der Waals surface area contributed by atoms with E-state index < -0.39 is 18.0 Å². The van der Waals surface area contributed by atoms with Crippen LogP contribution in [-0.2, 0) is 11.2 Å². The minimum absolute atomic E-state index is 0.0369. The zero-order chi connectivity index (χ0) is 30.5. The number of aromatic nitrogens is 3. The SMILES string of the molecule is COc1cc(Cc2cnc(N)nc2N)cc(C=CC(=O)N2N=Cc3ccccc3C2c2ccc(OC(N)=O)nc2)c1OC. The van der Waals surface area contributed by atoms with Gasteiger partial charge in [-0.1, -0.05) is 24.3 Å². The number of hydrazone groups is 1. The molecule has 3 heterocycles. The third kappa shape index (κ3) is 6.20. The number of methoxy groups -OCH3 is 2. The lowest BCUT2D eigenvalue weighted by Crippen LogP contribution is -2.33. The van der Waals surface area contributed by atoms with Crippen LogP contribution in [0.25, 0.3) is 6.08 Å². The normalized spacial score (nSPS) is 13.9. The Bertz CT molecular complexity index is 1740. The van der Waals surface area contributed by atoms with Crippen molar-refractivity contribution < 1.29 is 23.8 Å². The van der Waals surface area contributed by atoms with Gasteiger partial charge in [-0.05, 0) is 41.0 Å². The van der Waals surface area contributed by atoms with Gasteiger partial charge in [0.1, 0.15) is 11.9 Å². The summed E-state index contributed by atoms with van der Waals surface area (Å²) in [6.07, 6.45) is 7.15. The summed E-state index contributed by atoms with van der Waals surface area (Å²) in [6, 6.07) is 13.8. The molecule has 0 fully saturated rings. The molecule has 218 valence electrons. The molecule has 13 heteroatoms. The van der Waals surface area contributed by atoms with Crippen LogP contribution in [0.2, 0.25) is 0 Å². The molecule has 2 amide bonds. The van der Waals surface area contributed by atoms with Gasteiger partial charge in [0.15, 0.2) is 11.5 Å². The molecule has 0 aliphatic carbocycles. The molecule has 0 bridgehead atoms. The summed E-state index contributed by atoms with van der Waals surface area (Å²) in [7, 11) is 3.04. The highest BCUT2D eigenvalue weighted by atomic mass is 16.6. The van der Waals surface area contributed by atoms with Crippen molar-refractivity contribution in [2.45, 2.75) is 12.5 Å². The maximum absolute atomic E-state index is 13.7. The van der Waals surface area contributed by atoms with Crippen molar-refractivity contribution >= 4 is 36.1 Å². The first-order chi connectivity index (χ1) is 20.8. The van der Waals surface area contributed by atoms with Crippen LogP contribution in [0.4, 0.5) is 16.6 Å². The molecular weight excluding hydrogens is 552 g/mol. The number of ether oxygens (including phenoxy) is 3. The minimum Gasteiger partial charge on any atom is -0.493 e. The number of carbonyl (C=O) groups is 2. The topological polar surface area (TPSA) is 194 Å². The molecule has 0 saturated heterocycles. The van der Waals surface area contributed by atoms with E-state index in [4.69, 9.17) is 31.4 Å². The van der Waals surface area contributed by atoms with E-state index in [0.717, 1.165) is 16.7 Å². The Morgan fingerprint density at radius 1 is 1.02 bits per heavy atom. The number of rotatable bonds is 8. The maximum atomic E-state index is 13.7. The molecular formula is C30H28N8O5. The van der Waals surface area contributed by atoms with E-state index in [9.17, 15) is 9.59 Å². The van der Waals surface area contributed by atoms with E-state index in [0.29, 0.717) is 34.6 Å². The number of hydrogen-bond acceptors (Lipinski definition) is 11. The first kappa shape index (κ1) is 28.5. The van der Waals surface area contributed by atoms with Gasteiger partial charge >= 0.3 is 6.09 Å². The summed E-state index contributed by atoms with van der Waals surface area (Å²) in [6.45, 7) is 0. The Balaban J connectivity index is 1.48. The van der Waals surface area contributed by atoms with Gasteiger partial charge in [0.25, 0.3) is 5.91 Å². The summed E-state index contributed by atoms with van der Waals surface area (Å²) in [5, 5.41) is 5.81. The summed E-state index contributed by atoms with van der Waals surface area (Å²) in [4.78, 5) is 37.0. The first-order valence-electron chi connectivity index (χ1n) is 13.0. The van der Waals surface area contributed by atoms with Crippen LogP contribution in [0.5, 0.6) is 17.4 Å². The van der Waals surface area contributed by atoms with E-state index in [2.05, 4.69) is 20.1 Å². The van der Waals surface area contributed by atoms with E-state index in [-0.39, 0.29) is 17.6 Å². The Hall–Kier alpha value is -5.98.